The lowest BCUT2D eigenvalue weighted by molar-refractivity contribution is -0.0290. The first-order valence-corrected chi connectivity index (χ1v) is 6.76. The number of aryl methyl sites for hydroxylation is 1. The SMILES string of the molecule is CCOC1CC(CC(Cc2cnn(C)c2)NN)C1. The van der Waals surface area contributed by atoms with Gasteiger partial charge in [-0.2, -0.15) is 5.10 Å². The molecule has 1 aliphatic carbocycles. The van der Waals surface area contributed by atoms with E-state index in [9.17, 15) is 0 Å². The van der Waals surface area contributed by atoms with Crippen LogP contribution < -0.4 is 11.3 Å². The highest BCUT2D eigenvalue weighted by atomic mass is 16.5. The van der Waals surface area contributed by atoms with Crippen molar-refractivity contribution in [1.82, 2.24) is 15.2 Å². The topological polar surface area (TPSA) is 65.1 Å². The first-order chi connectivity index (χ1) is 8.71. The summed E-state index contributed by atoms with van der Waals surface area (Å²) in [5, 5.41) is 4.18. The van der Waals surface area contributed by atoms with Crippen LogP contribution in [0.4, 0.5) is 0 Å². The third kappa shape index (κ3) is 3.54. The summed E-state index contributed by atoms with van der Waals surface area (Å²) in [7, 11) is 1.94. The molecule has 1 atom stereocenters. The summed E-state index contributed by atoms with van der Waals surface area (Å²) in [5.74, 6) is 6.39. The number of aromatic nitrogens is 2. The Hall–Kier alpha value is -0.910. The van der Waals surface area contributed by atoms with E-state index in [0.29, 0.717) is 12.1 Å². The van der Waals surface area contributed by atoms with Gasteiger partial charge in [0.05, 0.1) is 12.3 Å². The van der Waals surface area contributed by atoms with Crippen LogP contribution in [0.25, 0.3) is 0 Å². The van der Waals surface area contributed by atoms with E-state index in [0.717, 1.165) is 25.4 Å². The van der Waals surface area contributed by atoms with Gasteiger partial charge in [0.1, 0.15) is 0 Å². The van der Waals surface area contributed by atoms with Gasteiger partial charge in [-0.05, 0) is 44.1 Å². The monoisotopic (exact) mass is 252 g/mol. The van der Waals surface area contributed by atoms with Crippen LogP contribution in [0.5, 0.6) is 0 Å². The second kappa shape index (κ2) is 6.31. The smallest absolute Gasteiger partial charge is 0.0580 e. The van der Waals surface area contributed by atoms with Crippen molar-refractivity contribution in [3.8, 4) is 0 Å². The van der Waals surface area contributed by atoms with E-state index in [4.69, 9.17) is 10.6 Å². The Labute approximate surface area is 109 Å². The van der Waals surface area contributed by atoms with Gasteiger partial charge in [-0.3, -0.25) is 16.0 Å². The van der Waals surface area contributed by atoms with Crippen molar-refractivity contribution in [3.05, 3.63) is 18.0 Å². The lowest BCUT2D eigenvalue weighted by atomic mass is 9.77. The largest absolute Gasteiger partial charge is 0.378 e. The molecule has 0 aliphatic heterocycles. The zero-order valence-electron chi connectivity index (χ0n) is 11.3. The first-order valence-electron chi connectivity index (χ1n) is 6.76. The van der Waals surface area contributed by atoms with E-state index in [1.165, 1.54) is 18.4 Å². The lowest BCUT2D eigenvalue weighted by Crippen LogP contribution is -2.42. The molecule has 0 spiro atoms. The average Bonchev–Trinajstić information content (AvgIpc) is 2.70. The minimum Gasteiger partial charge on any atom is -0.378 e. The van der Waals surface area contributed by atoms with Crippen LogP contribution in [0.3, 0.4) is 0 Å². The van der Waals surface area contributed by atoms with Crippen LogP contribution in [-0.4, -0.2) is 28.5 Å². The predicted octanol–water partition coefficient (Wildman–Crippen LogP) is 1.000. The number of nitrogens with zero attached hydrogens (tertiary/aromatic N) is 2. The van der Waals surface area contributed by atoms with Crippen molar-refractivity contribution in [1.29, 1.82) is 0 Å². The maximum absolute atomic E-state index is 5.64. The highest BCUT2D eigenvalue weighted by Gasteiger charge is 2.31. The molecular weight excluding hydrogens is 228 g/mol. The van der Waals surface area contributed by atoms with E-state index in [1.54, 1.807) is 0 Å². The zero-order chi connectivity index (χ0) is 13.0. The van der Waals surface area contributed by atoms with Gasteiger partial charge in [0.25, 0.3) is 0 Å². The van der Waals surface area contributed by atoms with Crippen LogP contribution in [0.15, 0.2) is 12.4 Å². The molecule has 1 fully saturated rings. The first kappa shape index (κ1) is 13.5. The second-order valence-electron chi connectivity index (χ2n) is 5.24. The van der Waals surface area contributed by atoms with E-state index < -0.39 is 0 Å². The van der Waals surface area contributed by atoms with Gasteiger partial charge < -0.3 is 4.74 Å². The summed E-state index contributed by atoms with van der Waals surface area (Å²) in [6.07, 6.45) is 8.87. The Morgan fingerprint density at radius 1 is 1.61 bits per heavy atom. The maximum atomic E-state index is 5.64. The summed E-state index contributed by atoms with van der Waals surface area (Å²) in [6.45, 7) is 2.88. The van der Waals surface area contributed by atoms with Crippen LogP contribution in [0.2, 0.25) is 0 Å². The van der Waals surface area contributed by atoms with Gasteiger partial charge in [0, 0.05) is 25.9 Å². The molecule has 1 aromatic heterocycles. The Morgan fingerprint density at radius 2 is 2.39 bits per heavy atom. The molecule has 102 valence electrons. The van der Waals surface area contributed by atoms with E-state index in [1.807, 2.05) is 24.1 Å². The van der Waals surface area contributed by atoms with Crippen LogP contribution >= 0.6 is 0 Å². The minimum absolute atomic E-state index is 0.335. The molecule has 1 saturated carbocycles. The van der Waals surface area contributed by atoms with Crippen LogP contribution in [-0.2, 0) is 18.2 Å². The molecule has 0 bridgehead atoms. The molecule has 0 aromatic carbocycles. The van der Waals surface area contributed by atoms with E-state index in [2.05, 4.69) is 17.4 Å². The molecule has 0 amide bonds. The molecule has 0 radical (unpaired) electrons. The van der Waals surface area contributed by atoms with Gasteiger partial charge in [0.2, 0.25) is 0 Å². The molecule has 1 aromatic rings. The number of hydrogen-bond donors (Lipinski definition) is 2. The fraction of sp³-hybridized carbons (Fsp3) is 0.769. The third-order valence-corrected chi connectivity index (χ3v) is 3.69. The number of ether oxygens (including phenoxy) is 1. The number of hydrazine groups is 1. The summed E-state index contributed by atoms with van der Waals surface area (Å²) in [5.41, 5.74) is 4.17. The number of rotatable bonds is 7. The van der Waals surface area contributed by atoms with Crippen LogP contribution in [0.1, 0.15) is 31.7 Å². The fourth-order valence-electron chi connectivity index (χ4n) is 2.71. The molecule has 5 nitrogen and oxygen atoms in total. The molecule has 3 N–H and O–H groups in total. The fourth-order valence-corrected chi connectivity index (χ4v) is 2.71. The van der Waals surface area contributed by atoms with E-state index >= 15 is 0 Å². The Balaban J connectivity index is 1.73. The van der Waals surface area contributed by atoms with Gasteiger partial charge >= 0.3 is 0 Å². The third-order valence-electron chi connectivity index (χ3n) is 3.69. The Morgan fingerprint density at radius 3 is 2.94 bits per heavy atom. The quantitative estimate of drug-likeness (QED) is 0.561. The Kier molecular flexibility index (Phi) is 4.74. The van der Waals surface area contributed by atoms with Crippen LogP contribution in [0, 0.1) is 5.92 Å². The van der Waals surface area contributed by atoms with E-state index in [-0.39, 0.29) is 0 Å². The van der Waals surface area contributed by atoms with Crippen molar-refractivity contribution < 1.29 is 4.74 Å². The Bertz CT molecular complexity index is 360. The van der Waals surface area contributed by atoms with Gasteiger partial charge in [0.15, 0.2) is 0 Å². The van der Waals surface area contributed by atoms with Crippen molar-refractivity contribution in [2.45, 2.75) is 44.8 Å². The summed E-state index contributed by atoms with van der Waals surface area (Å²) in [6, 6.07) is 0.335. The molecule has 1 heterocycles. The van der Waals surface area contributed by atoms with Crippen molar-refractivity contribution in [3.63, 3.8) is 0 Å². The number of hydrogen-bond acceptors (Lipinski definition) is 4. The molecule has 5 heteroatoms. The van der Waals surface area contributed by atoms with Gasteiger partial charge in [-0.15, -0.1) is 0 Å². The predicted molar refractivity (Wildman–Crippen MR) is 70.8 cm³/mol. The number of nitrogens with two attached hydrogens (primary N) is 1. The van der Waals surface area contributed by atoms with Crippen molar-refractivity contribution in [2.75, 3.05) is 6.61 Å². The molecular formula is C13H24N4O. The molecule has 18 heavy (non-hydrogen) atoms. The van der Waals surface area contributed by atoms with Gasteiger partial charge in [-0.1, -0.05) is 0 Å². The normalized spacial score (nSPS) is 24.8. The highest BCUT2D eigenvalue weighted by Crippen LogP contribution is 2.33. The highest BCUT2D eigenvalue weighted by molar-refractivity contribution is 5.06. The van der Waals surface area contributed by atoms with Crippen molar-refractivity contribution in [2.24, 2.45) is 18.8 Å². The maximum Gasteiger partial charge on any atom is 0.0580 e. The number of nitrogens with one attached hydrogen (secondary N) is 1. The standard InChI is InChI=1S/C13H24N4O/c1-3-18-13-6-10(7-13)4-12(16-14)5-11-8-15-17(2)9-11/h8-10,12-13,16H,3-7,14H2,1-2H3. The van der Waals surface area contributed by atoms with Crippen molar-refractivity contribution >= 4 is 0 Å². The zero-order valence-corrected chi connectivity index (χ0v) is 11.3. The average molecular weight is 252 g/mol. The van der Waals surface area contributed by atoms with Gasteiger partial charge in [-0.25, -0.2) is 0 Å². The molecule has 1 unspecified atom stereocenters. The molecule has 2 rings (SSSR count). The second-order valence-corrected chi connectivity index (χ2v) is 5.24. The minimum atomic E-state index is 0.335. The molecule has 0 saturated heterocycles. The lowest BCUT2D eigenvalue weighted by Gasteiger charge is -2.36. The molecule has 1 aliphatic rings. The summed E-state index contributed by atoms with van der Waals surface area (Å²) >= 11 is 0. The summed E-state index contributed by atoms with van der Waals surface area (Å²) in [4.78, 5) is 0. The summed E-state index contributed by atoms with van der Waals surface area (Å²) < 4.78 is 7.41.